The van der Waals surface area contributed by atoms with Crippen molar-refractivity contribution in [2.45, 2.75) is 45.8 Å². The minimum Gasteiger partial charge on any atom is -0.350 e. The van der Waals surface area contributed by atoms with Gasteiger partial charge in [-0.1, -0.05) is 13.8 Å². The number of aromatic nitrogens is 4. The van der Waals surface area contributed by atoms with Crippen molar-refractivity contribution in [2.24, 2.45) is 13.0 Å². The summed E-state index contributed by atoms with van der Waals surface area (Å²) in [6.45, 7) is 7.83. The topological polar surface area (TPSA) is 68.0 Å². The molecule has 1 unspecified atom stereocenters. The second-order valence-electron chi connectivity index (χ2n) is 7.30. The van der Waals surface area contributed by atoms with E-state index in [2.05, 4.69) is 40.3 Å². The van der Waals surface area contributed by atoms with E-state index >= 15 is 0 Å². The number of rotatable bonds is 6. The molecule has 0 aromatic carbocycles. The zero-order chi connectivity index (χ0) is 17.8. The molecule has 25 heavy (non-hydrogen) atoms. The van der Waals surface area contributed by atoms with Crippen LogP contribution in [0.5, 0.6) is 0 Å². The largest absolute Gasteiger partial charge is 0.350 e. The third kappa shape index (κ3) is 4.48. The van der Waals surface area contributed by atoms with Crippen molar-refractivity contribution < 1.29 is 0 Å². The zero-order valence-electron chi connectivity index (χ0n) is 15.4. The number of hydrogen-bond acceptors (Lipinski definition) is 5. The fraction of sp³-hybridized carbons (Fsp3) is 0.611. The van der Waals surface area contributed by atoms with Crippen molar-refractivity contribution in [3.63, 3.8) is 0 Å². The molecule has 3 heterocycles. The highest BCUT2D eigenvalue weighted by Gasteiger charge is 2.22. The summed E-state index contributed by atoms with van der Waals surface area (Å²) < 4.78 is 3.59. The number of hydrogen-bond donors (Lipinski definition) is 1. The standard InChI is InChI=1S/C18H28N6O/c1-14(2)11-24-12-15(10-21-24)9-20-16-5-4-7-23(13-16)17-18(25)22(3)8-6-19-17/h6,8,10,12,14,16,20H,4-5,7,9,11,13H2,1-3H3. The first-order valence-corrected chi connectivity index (χ1v) is 9.04. The number of aryl methyl sites for hydroxylation is 1. The van der Waals surface area contributed by atoms with Crippen molar-refractivity contribution in [1.82, 2.24) is 24.6 Å². The summed E-state index contributed by atoms with van der Waals surface area (Å²) in [5.41, 5.74) is 1.17. The fourth-order valence-electron chi connectivity index (χ4n) is 3.27. The Balaban J connectivity index is 1.58. The lowest BCUT2D eigenvalue weighted by Gasteiger charge is -2.33. The molecule has 1 aliphatic rings. The summed E-state index contributed by atoms with van der Waals surface area (Å²) in [6, 6.07) is 0.355. The number of nitrogens with one attached hydrogen (secondary N) is 1. The van der Waals surface area contributed by atoms with Gasteiger partial charge in [-0.2, -0.15) is 5.10 Å². The molecule has 136 valence electrons. The van der Waals surface area contributed by atoms with Crippen LogP contribution in [0.2, 0.25) is 0 Å². The van der Waals surface area contributed by atoms with Crippen LogP contribution in [-0.4, -0.2) is 38.5 Å². The summed E-state index contributed by atoms with van der Waals surface area (Å²) >= 11 is 0. The average Bonchev–Trinajstić information content (AvgIpc) is 3.02. The average molecular weight is 344 g/mol. The Labute approximate surface area is 148 Å². The summed E-state index contributed by atoms with van der Waals surface area (Å²) in [5, 5.41) is 8.02. The molecular weight excluding hydrogens is 316 g/mol. The van der Waals surface area contributed by atoms with Gasteiger partial charge in [-0.05, 0) is 18.8 Å². The van der Waals surface area contributed by atoms with E-state index in [0.717, 1.165) is 39.0 Å². The Morgan fingerprint density at radius 3 is 3.04 bits per heavy atom. The molecule has 0 aliphatic carbocycles. The summed E-state index contributed by atoms with van der Waals surface area (Å²) in [7, 11) is 1.77. The predicted molar refractivity (Wildman–Crippen MR) is 98.6 cm³/mol. The van der Waals surface area contributed by atoms with Gasteiger partial charge in [0.2, 0.25) is 0 Å². The maximum Gasteiger partial charge on any atom is 0.293 e. The molecule has 1 atom stereocenters. The van der Waals surface area contributed by atoms with E-state index in [1.807, 2.05) is 10.9 Å². The molecule has 2 aromatic heterocycles. The second-order valence-corrected chi connectivity index (χ2v) is 7.30. The highest BCUT2D eigenvalue weighted by atomic mass is 16.1. The molecule has 3 rings (SSSR count). The lowest BCUT2D eigenvalue weighted by Crippen LogP contribution is -2.47. The molecule has 1 N–H and O–H groups in total. The smallest absolute Gasteiger partial charge is 0.293 e. The predicted octanol–water partition coefficient (Wildman–Crippen LogP) is 1.39. The third-order valence-corrected chi connectivity index (χ3v) is 4.55. The van der Waals surface area contributed by atoms with Crippen LogP contribution in [0.4, 0.5) is 5.82 Å². The van der Waals surface area contributed by atoms with E-state index in [1.165, 1.54) is 5.56 Å². The molecule has 1 fully saturated rings. The summed E-state index contributed by atoms with van der Waals surface area (Å²) in [4.78, 5) is 18.7. The van der Waals surface area contributed by atoms with Gasteiger partial charge < -0.3 is 14.8 Å². The van der Waals surface area contributed by atoms with Crippen LogP contribution in [0, 0.1) is 5.92 Å². The van der Waals surface area contributed by atoms with Crippen LogP contribution in [-0.2, 0) is 20.1 Å². The molecule has 0 bridgehead atoms. The Morgan fingerprint density at radius 2 is 2.24 bits per heavy atom. The minimum atomic E-state index is -0.0295. The summed E-state index contributed by atoms with van der Waals surface area (Å²) in [5.74, 6) is 1.15. The quantitative estimate of drug-likeness (QED) is 0.858. The van der Waals surface area contributed by atoms with Crippen LogP contribution in [0.1, 0.15) is 32.3 Å². The molecule has 0 spiro atoms. The van der Waals surface area contributed by atoms with Crippen LogP contribution in [0.3, 0.4) is 0 Å². The molecule has 1 saturated heterocycles. The molecule has 0 radical (unpaired) electrons. The van der Waals surface area contributed by atoms with E-state index in [1.54, 1.807) is 24.0 Å². The Morgan fingerprint density at radius 1 is 1.40 bits per heavy atom. The van der Waals surface area contributed by atoms with Crippen molar-refractivity contribution in [2.75, 3.05) is 18.0 Å². The van der Waals surface area contributed by atoms with Gasteiger partial charge in [-0.25, -0.2) is 4.98 Å². The molecule has 2 aromatic rings. The minimum absolute atomic E-state index is 0.0295. The van der Waals surface area contributed by atoms with Gasteiger partial charge in [0.25, 0.3) is 5.56 Å². The first-order chi connectivity index (χ1) is 12.0. The number of nitrogens with zero attached hydrogens (tertiary/aromatic N) is 5. The van der Waals surface area contributed by atoms with Gasteiger partial charge in [0.1, 0.15) is 0 Å². The Bertz CT molecular complexity index is 750. The van der Waals surface area contributed by atoms with Gasteiger partial charge in [0.15, 0.2) is 5.82 Å². The van der Waals surface area contributed by atoms with E-state index < -0.39 is 0 Å². The van der Waals surface area contributed by atoms with Crippen LogP contribution in [0.15, 0.2) is 29.6 Å². The molecule has 7 nitrogen and oxygen atoms in total. The van der Waals surface area contributed by atoms with Crippen LogP contribution < -0.4 is 15.8 Å². The van der Waals surface area contributed by atoms with E-state index in [4.69, 9.17) is 0 Å². The van der Waals surface area contributed by atoms with Gasteiger partial charge in [0.05, 0.1) is 6.20 Å². The normalized spacial score (nSPS) is 18.1. The number of anilines is 1. The second kappa shape index (κ2) is 7.82. The van der Waals surface area contributed by atoms with Gasteiger partial charge in [0, 0.05) is 63.4 Å². The molecule has 1 aliphatic heterocycles. The van der Waals surface area contributed by atoms with E-state index in [0.29, 0.717) is 17.8 Å². The van der Waals surface area contributed by atoms with E-state index in [9.17, 15) is 4.79 Å². The zero-order valence-corrected chi connectivity index (χ0v) is 15.4. The first kappa shape index (κ1) is 17.7. The monoisotopic (exact) mass is 344 g/mol. The van der Waals surface area contributed by atoms with Crippen molar-refractivity contribution in [1.29, 1.82) is 0 Å². The van der Waals surface area contributed by atoms with Gasteiger partial charge >= 0.3 is 0 Å². The maximum atomic E-state index is 12.3. The molecular formula is C18H28N6O. The van der Waals surface area contributed by atoms with Crippen LogP contribution >= 0.6 is 0 Å². The Hall–Kier alpha value is -2.15. The van der Waals surface area contributed by atoms with Crippen molar-refractivity contribution in [3.8, 4) is 0 Å². The third-order valence-electron chi connectivity index (χ3n) is 4.55. The fourth-order valence-corrected chi connectivity index (χ4v) is 3.27. The Kier molecular flexibility index (Phi) is 5.53. The number of piperidine rings is 1. The molecule has 0 saturated carbocycles. The molecule has 0 amide bonds. The summed E-state index contributed by atoms with van der Waals surface area (Å²) in [6.07, 6.45) is 9.61. The highest BCUT2D eigenvalue weighted by molar-refractivity contribution is 5.36. The van der Waals surface area contributed by atoms with Gasteiger partial charge in [-0.15, -0.1) is 0 Å². The maximum absolute atomic E-state index is 12.3. The SMILES string of the molecule is CC(C)Cn1cc(CNC2CCCN(c3nccn(C)c3=O)C2)cn1. The van der Waals surface area contributed by atoms with Crippen LogP contribution in [0.25, 0.3) is 0 Å². The highest BCUT2D eigenvalue weighted by Crippen LogP contribution is 2.15. The lowest BCUT2D eigenvalue weighted by atomic mass is 10.1. The van der Waals surface area contributed by atoms with Gasteiger partial charge in [-0.3, -0.25) is 9.48 Å². The first-order valence-electron chi connectivity index (χ1n) is 9.04. The van der Waals surface area contributed by atoms with E-state index in [-0.39, 0.29) is 5.56 Å². The van der Waals surface area contributed by atoms with Crippen molar-refractivity contribution in [3.05, 3.63) is 40.7 Å². The lowest BCUT2D eigenvalue weighted by molar-refractivity contribution is 0.418. The van der Waals surface area contributed by atoms with Crippen molar-refractivity contribution >= 4 is 5.82 Å². The molecule has 7 heteroatoms.